The number of aromatic nitrogens is 1. The standard InChI is InChI=1S/C29H26ClNO2/c1-29(2,33)26-9-4-3-7-21(26)13-17-28(32)23-8-5-6-20(18-23)10-15-25-16-12-22-11-14-24(30)19-27(22)31-25/h3-12,14-16,18-19,33H,13,17H2,1-2H3. The van der Waals surface area contributed by atoms with E-state index in [4.69, 9.17) is 11.6 Å². The van der Waals surface area contributed by atoms with Gasteiger partial charge in [0.1, 0.15) is 0 Å². The first-order valence-corrected chi connectivity index (χ1v) is 11.4. The van der Waals surface area contributed by atoms with Crippen LogP contribution in [0.4, 0.5) is 0 Å². The molecule has 3 nitrogen and oxygen atoms in total. The molecule has 0 radical (unpaired) electrons. The molecular weight excluding hydrogens is 430 g/mol. The summed E-state index contributed by atoms with van der Waals surface area (Å²) in [7, 11) is 0. The van der Waals surface area contributed by atoms with Crippen LogP contribution < -0.4 is 0 Å². The van der Waals surface area contributed by atoms with Gasteiger partial charge in [-0.15, -0.1) is 0 Å². The monoisotopic (exact) mass is 455 g/mol. The van der Waals surface area contributed by atoms with E-state index in [2.05, 4.69) is 4.98 Å². The van der Waals surface area contributed by atoms with Crippen LogP contribution in [0.3, 0.4) is 0 Å². The Morgan fingerprint density at radius 2 is 1.76 bits per heavy atom. The number of aryl methyl sites for hydroxylation is 1. The minimum absolute atomic E-state index is 0.0780. The van der Waals surface area contributed by atoms with Gasteiger partial charge in [0.15, 0.2) is 5.78 Å². The van der Waals surface area contributed by atoms with Crippen molar-refractivity contribution in [2.75, 3.05) is 0 Å². The molecule has 0 amide bonds. The Labute approximate surface area is 199 Å². The molecule has 0 saturated heterocycles. The molecule has 4 rings (SSSR count). The second-order valence-electron chi connectivity index (χ2n) is 8.67. The number of pyridine rings is 1. The van der Waals surface area contributed by atoms with Crippen LogP contribution in [-0.4, -0.2) is 15.9 Å². The minimum Gasteiger partial charge on any atom is -0.386 e. The lowest BCUT2D eigenvalue weighted by Gasteiger charge is -2.21. The van der Waals surface area contributed by atoms with E-state index in [0.717, 1.165) is 33.3 Å². The fraction of sp³-hybridized carbons (Fsp3) is 0.172. The summed E-state index contributed by atoms with van der Waals surface area (Å²) in [6.07, 6.45) is 4.86. The number of nitrogens with zero attached hydrogens (tertiary/aromatic N) is 1. The summed E-state index contributed by atoms with van der Waals surface area (Å²) in [6, 6.07) is 25.0. The molecule has 4 aromatic rings. The van der Waals surface area contributed by atoms with Crippen molar-refractivity contribution < 1.29 is 9.90 Å². The van der Waals surface area contributed by atoms with E-state index in [-0.39, 0.29) is 5.78 Å². The third-order valence-corrected chi connectivity index (χ3v) is 5.86. The first-order chi connectivity index (χ1) is 15.8. The molecule has 0 saturated carbocycles. The number of carbonyl (C=O) groups excluding carboxylic acids is 1. The number of Topliss-reactive ketones (excluding diaryl/α,β-unsaturated/α-hetero) is 1. The largest absolute Gasteiger partial charge is 0.386 e. The maximum atomic E-state index is 12.9. The molecule has 0 spiro atoms. The third-order valence-electron chi connectivity index (χ3n) is 5.63. The lowest BCUT2D eigenvalue weighted by atomic mass is 9.90. The van der Waals surface area contributed by atoms with Crippen LogP contribution >= 0.6 is 11.6 Å². The second kappa shape index (κ2) is 9.70. The molecule has 0 bridgehead atoms. The molecule has 0 unspecified atom stereocenters. The Hall–Kier alpha value is -3.27. The maximum Gasteiger partial charge on any atom is 0.163 e. The highest BCUT2D eigenvalue weighted by atomic mass is 35.5. The Balaban J connectivity index is 1.47. The Morgan fingerprint density at radius 3 is 2.58 bits per heavy atom. The number of halogens is 1. The zero-order chi connectivity index (χ0) is 23.4. The molecule has 0 aliphatic heterocycles. The van der Waals surface area contributed by atoms with Gasteiger partial charge in [-0.2, -0.15) is 0 Å². The predicted octanol–water partition coefficient (Wildman–Crippen LogP) is 7.10. The van der Waals surface area contributed by atoms with Crippen LogP contribution in [0, 0.1) is 0 Å². The third kappa shape index (κ3) is 5.75. The highest BCUT2D eigenvalue weighted by molar-refractivity contribution is 6.31. The van der Waals surface area contributed by atoms with Gasteiger partial charge in [0.25, 0.3) is 0 Å². The fourth-order valence-corrected chi connectivity index (χ4v) is 4.09. The highest BCUT2D eigenvalue weighted by Crippen LogP contribution is 2.25. The van der Waals surface area contributed by atoms with E-state index in [1.165, 1.54) is 0 Å². The quantitative estimate of drug-likeness (QED) is 0.302. The van der Waals surface area contributed by atoms with E-state index in [0.29, 0.717) is 23.4 Å². The molecule has 0 aliphatic rings. The number of ketones is 1. The fourth-order valence-electron chi connectivity index (χ4n) is 3.92. The number of carbonyl (C=O) groups is 1. The van der Waals surface area contributed by atoms with Crippen molar-refractivity contribution in [3.8, 4) is 0 Å². The number of fused-ring (bicyclic) bond motifs is 1. The summed E-state index contributed by atoms with van der Waals surface area (Å²) in [5, 5.41) is 12.1. The molecule has 33 heavy (non-hydrogen) atoms. The maximum absolute atomic E-state index is 12.9. The molecule has 1 N–H and O–H groups in total. The van der Waals surface area contributed by atoms with Gasteiger partial charge in [-0.25, -0.2) is 4.98 Å². The predicted molar refractivity (Wildman–Crippen MR) is 136 cm³/mol. The molecule has 1 aromatic heterocycles. The van der Waals surface area contributed by atoms with Crippen LogP contribution in [0.25, 0.3) is 23.1 Å². The molecule has 1 heterocycles. The summed E-state index contributed by atoms with van der Waals surface area (Å²) < 4.78 is 0. The van der Waals surface area contributed by atoms with E-state index in [1.54, 1.807) is 13.8 Å². The zero-order valence-corrected chi connectivity index (χ0v) is 19.5. The van der Waals surface area contributed by atoms with Gasteiger partial charge in [0.05, 0.1) is 16.8 Å². The zero-order valence-electron chi connectivity index (χ0n) is 18.8. The molecule has 0 aliphatic carbocycles. The lowest BCUT2D eigenvalue weighted by molar-refractivity contribution is 0.0773. The Morgan fingerprint density at radius 1 is 0.970 bits per heavy atom. The van der Waals surface area contributed by atoms with Crippen LogP contribution in [0.15, 0.2) is 78.9 Å². The van der Waals surface area contributed by atoms with Crippen molar-refractivity contribution in [1.82, 2.24) is 4.98 Å². The van der Waals surface area contributed by atoms with E-state index in [1.807, 2.05) is 91.0 Å². The molecular formula is C29H26ClNO2. The van der Waals surface area contributed by atoms with Gasteiger partial charge in [-0.3, -0.25) is 4.79 Å². The number of hydrogen-bond acceptors (Lipinski definition) is 3. The molecule has 3 aromatic carbocycles. The number of rotatable bonds is 7. The summed E-state index contributed by atoms with van der Waals surface area (Å²) >= 11 is 6.08. The number of hydrogen-bond donors (Lipinski definition) is 1. The van der Waals surface area contributed by atoms with Crippen molar-refractivity contribution in [3.63, 3.8) is 0 Å². The van der Waals surface area contributed by atoms with E-state index < -0.39 is 5.60 Å². The van der Waals surface area contributed by atoms with Gasteiger partial charge in [-0.05, 0) is 67.3 Å². The van der Waals surface area contributed by atoms with Crippen LogP contribution in [-0.2, 0) is 12.0 Å². The average molecular weight is 456 g/mol. The molecule has 4 heteroatoms. The normalized spacial score (nSPS) is 11.9. The van der Waals surface area contributed by atoms with Crippen LogP contribution in [0.2, 0.25) is 5.02 Å². The van der Waals surface area contributed by atoms with Crippen molar-refractivity contribution >= 4 is 40.4 Å². The lowest BCUT2D eigenvalue weighted by Crippen LogP contribution is -2.18. The topological polar surface area (TPSA) is 50.2 Å². The van der Waals surface area contributed by atoms with Crippen molar-refractivity contribution in [2.24, 2.45) is 0 Å². The van der Waals surface area contributed by atoms with Crippen molar-refractivity contribution in [2.45, 2.75) is 32.3 Å². The van der Waals surface area contributed by atoms with Gasteiger partial charge in [-0.1, -0.05) is 72.3 Å². The van der Waals surface area contributed by atoms with Gasteiger partial charge >= 0.3 is 0 Å². The Bertz CT molecular complexity index is 1340. The van der Waals surface area contributed by atoms with Crippen LogP contribution in [0.1, 0.15) is 53.0 Å². The van der Waals surface area contributed by atoms with Gasteiger partial charge in [0.2, 0.25) is 0 Å². The second-order valence-corrected chi connectivity index (χ2v) is 9.11. The number of benzene rings is 3. The SMILES string of the molecule is CC(C)(O)c1ccccc1CCC(=O)c1cccc(C=Cc2ccc3ccc(Cl)cc3n2)c1. The van der Waals surface area contributed by atoms with Crippen molar-refractivity contribution in [3.05, 3.63) is 112 Å². The van der Waals surface area contributed by atoms with Crippen molar-refractivity contribution in [1.29, 1.82) is 0 Å². The molecule has 166 valence electrons. The summed E-state index contributed by atoms with van der Waals surface area (Å²) in [6.45, 7) is 3.53. The van der Waals surface area contributed by atoms with E-state index >= 15 is 0 Å². The smallest absolute Gasteiger partial charge is 0.163 e. The minimum atomic E-state index is -0.938. The van der Waals surface area contributed by atoms with Crippen LogP contribution in [0.5, 0.6) is 0 Å². The summed E-state index contributed by atoms with van der Waals surface area (Å²) in [5.74, 6) is 0.0780. The first-order valence-electron chi connectivity index (χ1n) is 11.0. The average Bonchev–Trinajstić information content (AvgIpc) is 2.80. The highest BCUT2D eigenvalue weighted by Gasteiger charge is 2.19. The van der Waals surface area contributed by atoms with Gasteiger partial charge in [0, 0.05) is 22.4 Å². The summed E-state index contributed by atoms with van der Waals surface area (Å²) in [5.41, 5.74) is 4.20. The molecule has 0 atom stereocenters. The molecule has 0 fully saturated rings. The summed E-state index contributed by atoms with van der Waals surface area (Å²) in [4.78, 5) is 17.5. The first kappa shape index (κ1) is 22.9. The Kier molecular flexibility index (Phi) is 6.73. The van der Waals surface area contributed by atoms with E-state index in [9.17, 15) is 9.90 Å². The van der Waals surface area contributed by atoms with Gasteiger partial charge < -0.3 is 5.11 Å². The number of aliphatic hydroxyl groups is 1.